The Hall–Kier alpha value is -3.60. The minimum atomic E-state index is -0.702. The van der Waals surface area contributed by atoms with Gasteiger partial charge in [-0.25, -0.2) is 9.59 Å². The predicted octanol–water partition coefficient (Wildman–Crippen LogP) is 5.85. The normalized spacial score (nSPS) is 13.0. The lowest BCUT2D eigenvalue weighted by atomic mass is 9.78. The summed E-state index contributed by atoms with van der Waals surface area (Å²) >= 11 is 0. The Labute approximate surface area is 201 Å². The van der Waals surface area contributed by atoms with Gasteiger partial charge in [-0.15, -0.1) is 0 Å². The summed E-state index contributed by atoms with van der Waals surface area (Å²) in [5.41, 5.74) is 5.29. The molecule has 0 fully saturated rings. The van der Waals surface area contributed by atoms with E-state index in [4.69, 9.17) is 9.47 Å². The lowest BCUT2D eigenvalue weighted by Crippen LogP contribution is -2.45. The molecular formula is C29H31NO4. The van der Waals surface area contributed by atoms with Crippen molar-refractivity contribution in [1.82, 2.24) is 4.90 Å². The summed E-state index contributed by atoms with van der Waals surface area (Å²) in [5.74, 6) is -0.372. The number of likely N-dealkylation sites (N-methyl/N-ethyl adjacent to an activating group) is 1. The van der Waals surface area contributed by atoms with Gasteiger partial charge in [-0.1, -0.05) is 74.0 Å². The molecule has 176 valence electrons. The molecule has 0 saturated heterocycles. The highest BCUT2D eigenvalue weighted by Crippen LogP contribution is 2.49. The van der Waals surface area contributed by atoms with E-state index in [-0.39, 0.29) is 12.6 Å². The van der Waals surface area contributed by atoms with E-state index in [9.17, 15) is 9.59 Å². The molecule has 0 saturated carbocycles. The molecule has 0 spiro atoms. The molecule has 1 aliphatic rings. The molecular weight excluding hydrogens is 426 g/mol. The zero-order valence-electron chi connectivity index (χ0n) is 20.0. The maximum absolute atomic E-state index is 13.0. The van der Waals surface area contributed by atoms with Crippen LogP contribution in [-0.4, -0.2) is 43.8 Å². The number of hydrogen-bond acceptors (Lipinski definition) is 4. The van der Waals surface area contributed by atoms with Gasteiger partial charge in [0.15, 0.2) is 0 Å². The van der Waals surface area contributed by atoms with E-state index in [1.807, 2.05) is 48.5 Å². The minimum Gasteiger partial charge on any atom is -0.461 e. The van der Waals surface area contributed by atoms with Crippen LogP contribution in [0.5, 0.6) is 0 Å². The Morgan fingerprint density at radius 2 is 1.41 bits per heavy atom. The monoisotopic (exact) mass is 457 g/mol. The SMILES string of the molecule is CCCc1ccc(C(=O)OCC2(CN(C)C(=O)OCC)c3ccccc3-c3ccccc32)cc1. The fourth-order valence-electron chi connectivity index (χ4n) is 4.86. The van der Waals surface area contributed by atoms with E-state index in [0.29, 0.717) is 18.7 Å². The summed E-state index contributed by atoms with van der Waals surface area (Å²) in [6.07, 6.45) is 1.63. The number of carbonyl (C=O) groups is 2. The van der Waals surface area contributed by atoms with Gasteiger partial charge in [0.2, 0.25) is 0 Å². The highest BCUT2D eigenvalue weighted by atomic mass is 16.6. The van der Waals surface area contributed by atoms with Crippen molar-refractivity contribution < 1.29 is 19.1 Å². The van der Waals surface area contributed by atoms with Crippen LogP contribution in [0.25, 0.3) is 11.1 Å². The number of aryl methyl sites for hydroxylation is 1. The fraction of sp³-hybridized carbons (Fsp3) is 0.310. The average molecular weight is 458 g/mol. The largest absolute Gasteiger partial charge is 0.461 e. The van der Waals surface area contributed by atoms with Gasteiger partial charge in [0, 0.05) is 13.6 Å². The van der Waals surface area contributed by atoms with Gasteiger partial charge in [0.25, 0.3) is 0 Å². The lowest BCUT2D eigenvalue weighted by Gasteiger charge is -2.35. The number of benzene rings is 3. The molecule has 1 amide bonds. The van der Waals surface area contributed by atoms with Crippen LogP contribution < -0.4 is 0 Å². The molecule has 0 atom stereocenters. The number of amides is 1. The van der Waals surface area contributed by atoms with Gasteiger partial charge >= 0.3 is 12.1 Å². The second-order valence-electron chi connectivity index (χ2n) is 8.75. The zero-order chi connectivity index (χ0) is 24.1. The van der Waals surface area contributed by atoms with Crippen LogP contribution in [0.3, 0.4) is 0 Å². The standard InChI is InChI=1S/C29H31NO4/c1-4-10-21-15-17-22(18-16-21)27(31)34-20-29(19-30(3)28(32)33-5-2)25-13-8-6-11-23(25)24-12-7-9-14-26(24)29/h6-9,11-18H,4-5,10,19-20H2,1-3H3. The quantitative estimate of drug-likeness (QED) is 0.398. The summed E-state index contributed by atoms with van der Waals surface area (Å²) in [4.78, 5) is 27.1. The molecule has 0 bridgehead atoms. The van der Waals surface area contributed by atoms with Gasteiger partial charge in [0.05, 0.1) is 17.6 Å². The Bertz CT molecular complexity index is 1120. The molecule has 0 radical (unpaired) electrons. The van der Waals surface area contributed by atoms with E-state index >= 15 is 0 Å². The van der Waals surface area contributed by atoms with Crippen LogP contribution in [0.1, 0.15) is 47.3 Å². The Morgan fingerprint density at radius 1 is 0.824 bits per heavy atom. The van der Waals surface area contributed by atoms with Crippen molar-refractivity contribution in [3.8, 4) is 11.1 Å². The third-order valence-electron chi connectivity index (χ3n) is 6.44. The first-order valence-corrected chi connectivity index (χ1v) is 11.8. The third-order valence-corrected chi connectivity index (χ3v) is 6.44. The molecule has 0 heterocycles. The van der Waals surface area contributed by atoms with Crippen molar-refractivity contribution in [2.75, 3.05) is 26.8 Å². The van der Waals surface area contributed by atoms with Crippen LogP contribution in [0.4, 0.5) is 4.79 Å². The molecule has 3 aromatic carbocycles. The third kappa shape index (κ3) is 4.43. The number of esters is 1. The molecule has 0 N–H and O–H groups in total. The second-order valence-corrected chi connectivity index (χ2v) is 8.75. The Balaban J connectivity index is 1.68. The lowest BCUT2D eigenvalue weighted by molar-refractivity contribution is 0.0401. The first-order valence-electron chi connectivity index (χ1n) is 11.8. The number of fused-ring (bicyclic) bond motifs is 3. The minimum absolute atomic E-state index is 0.111. The maximum Gasteiger partial charge on any atom is 0.409 e. The van der Waals surface area contributed by atoms with Gasteiger partial charge in [-0.05, 0) is 53.3 Å². The Kier molecular flexibility index (Phi) is 7.01. The van der Waals surface area contributed by atoms with Crippen molar-refractivity contribution >= 4 is 12.1 Å². The molecule has 4 rings (SSSR count). The van der Waals surface area contributed by atoms with E-state index in [0.717, 1.165) is 35.1 Å². The summed E-state index contributed by atoms with van der Waals surface area (Å²) in [5, 5.41) is 0. The van der Waals surface area contributed by atoms with E-state index < -0.39 is 11.5 Å². The summed E-state index contributed by atoms with van der Waals surface area (Å²) < 4.78 is 11.2. The van der Waals surface area contributed by atoms with Crippen LogP contribution in [0.2, 0.25) is 0 Å². The van der Waals surface area contributed by atoms with Crippen molar-refractivity contribution in [3.63, 3.8) is 0 Å². The number of hydrogen-bond donors (Lipinski definition) is 0. The van der Waals surface area contributed by atoms with Crippen molar-refractivity contribution in [1.29, 1.82) is 0 Å². The molecule has 1 aliphatic carbocycles. The molecule has 0 aliphatic heterocycles. The van der Waals surface area contributed by atoms with Gasteiger partial charge < -0.3 is 14.4 Å². The van der Waals surface area contributed by atoms with E-state index in [1.54, 1.807) is 18.9 Å². The summed E-state index contributed by atoms with van der Waals surface area (Å²) in [6.45, 7) is 4.65. The van der Waals surface area contributed by atoms with Crippen LogP contribution in [0.15, 0.2) is 72.8 Å². The molecule has 34 heavy (non-hydrogen) atoms. The van der Waals surface area contributed by atoms with Crippen LogP contribution in [-0.2, 0) is 21.3 Å². The van der Waals surface area contributed by atoms with Crippen molar-refractivity contribution in [2.24, 2.45) is 0 Å². The first kappa shape index (κ1) is 23.6. The summed E-state index contributed by atoms with van der Waals surface area (Å²) in [7, 11) is 1.72. The predicted molar refractivity (Wildman–Crippen MR) is 133 cm³/mol. The molecule has 3 aromatic rings. The highest BCUT2D eigenvalue weighted by Gasteiger charge is 2.45. The van der Waals surface area contributed by atoms with Crippen LogP contribution >= 0.6 is 0 Å². The highest BCUT2D eigenvalue weighted by molar-refractivity contribution is 5.90. The second kappa shape index (κ2) is 10.1. The molecule has 5 nitrogen and oxygen atoms in total. The summed E-state index contributed by atoms with van der Waals surface area (Å²) in [6, 6.07) is 23.8. The molecule has 5 heteroatoms. The first-order chi connectivity index (χ1) is 16.5. The van der Waals surface area contributed by atoms with Crippen molar-refractivity contribution in [3.05, 3.63) is 95.1 Å². The number of rotatable bonds is 8. The van der Waals surface area contributed by atoms with E-state index in [1.165, 1.54) is 5.56 Å². The average Bonchev–Trinajstić information content (AvgIpc) is 3.13. The van der Waals surface area contributed by atoms with Crippen LogP contribution in [0, 0.1) is 0 Å². The van der Waals surface area contributed by atoms with Gasteiger partial charge in [-0.3, -0.25) is 0 Å². The molecule has 0 aromatic heterocycles. The van der Waals surface area contributed by atoms with Gasteiger partial charge in [-0.2, -0.15) is 0 Å². The number of ether oxygens (including phenoxy) is 2. The molecule has 0 unspecified atom stereocenters. The number of carbonyl (C=O) groups excluding carboxylic acids is 2. The smallest absolute Gasteiger partial charge is 0.409 e. The Morgan fingerprint density at radius 3 is 1.97 bits per heavy atom. The van der Waals surface area contributed by atoms with Gasteiger partial charge in [0.1, 0.15) is 6.61 Å². The number of nitrogens with zero attached hydrogens (tertiary/aromatic N) is 1. The van der Waals surface area contributed by atoms with Crippen molar-refractivity contribution in [2.45, 2.75) is 32.1 Å². The maximum atomic E-state index is 13.0. The van der Waals surface area contributed by atoms with E-state index in [2.05, 4.69) is 31.2 Å². The zero-order valence-corrected chi connectivity index (χ0v) is 20.0. The fourth-order valence-corrected chi connectivity index (χ4v) is 4.86. The topological polar surface area (TPSA) is 55.8 Å².